The third kappa shape index (κ3) is 57.7. The zero-order chi connectivity index (χ0) is 54.9. The average molecular weight is 1060 g/mol. The predicted molar refractivity (Wildman–Crippen MR) is 327 cm³/mol. The molecule has 0 aliphatic heterocycles. The quantitative estimate of drug-likeness (QED) is 0.0243. The minimum atomic E-state index is -4.37. The molecule has 3 unspecified atom stereocenters. The first-order valence-corrected chi connectivity index (χ1v) is 30.9. The topological polar surface area (TPSA) is 105 Å². The van der Waals surface area contributed by atoms with E-state index in [0.29, 0.717) is 17.4 Å². The standard InChI is InChI=1S/C66H109N2O6P/c1-6-8-10-12-14-16-18-20-22-23-24-25-26-27-28-29-30-31-32-33-34-35-36-37-38-39-40-41-42-43-44-45-46-48-50-52-54-56-58-60-66(70)67-64(63-74-75(71,72)73-62-61-68(3,4)5)65(69)59-57-55-53-51-49-47-21-19-17-15-13-11-9-7-2/h8,10,14,16,20,22,24-25,27-28,30-31,33-34,36-37,39-40,42-43,45-46,49,51,57,59,64-65,69H,6-7,9,11-13,15,17-19,21,23,26,29,32,35,38,41,44,47-48,50,52-56,58,60-63H2,1-5H3,(H-,67,70,71,72)/p+1/b10-8-,16-14-,22-20-,25-24-,28-27-,31-30-,34-33-,37-36-,40-39-,43-42-,46-45-,51-49+,59-57+. The maximum atomic E-state index is 13.0. The lowest BCUT2D eigenvalue weighted by Gasteiger charge is -2.25. The van der Waals surface area contributed by atoms with Gasteiger partial charge in [0.1, 0.15) is 13.2 Å². The van der Waals surface area contributed by atoms with Crippen LogP contribution in [0.3, 0.4) is 0 Å². The van der Waals surface area contributed by atoms with Crippen molar-refractivity contribution in [2.24, 2.45) is 0 Å². The number of likely N-dealkylation sites (N-methyl/N-ethyl adjacent to an activating group) is 1. The lowest BCUT2D eigenvalue weighted by Crippen LogP contribution is -2.45. The molecule has 0 aromatic carbocycles. The molecule has 0 bridgehead atoms. The fraction of sp³-hybridized carbons (Fsp3) is 0.591. The number of unbranched alkanes of at least 4 members (excludes halogenated alkanes) is 14. The molecule has 3 atom stereocenters. The van der Waals surface area contributed by atoms with Crippen LogP contribution in [0.4, 0.5) is 0 Å². The molecule has 3 N–H and O–H groups in total. The molecule has 0 aliphatic rings. The van der Waals surface area contributed by atoms with Crippen LogP contribution in [-0.2, 0) is 18.4 Å². The zero-order valence-electron chi connectivity index (χ0n) is 48.2. The Bertz CT molecular complexity index is 1770. The molecule has 0 aliphatic carbocycles. The fourth-order valence-electron chi connectivity index (χ4n) is 7.41. The number of nitrogens with one attached hydrogen (secondary N) is 1. The summed E-state index contributed by atoms with van der Waals surface area (Å²) in [5.41, 5.74) is 0. The van der Waals surface area contributed by atoms with Crippen LogP contribution in [0.15, 0.2) is 158 Å². The number of carbonyl (C=O) groups excluding carboxylic acids is 1. The molecule has 9 heteroatoms. The van der Waals surface area contributed by atoms with Crippen molar-refractivity contribution in [2.45, 2.75) is 212 Å². The highest BCUT2D eigenvalue weighted by Crippen LogP contribution is 2.43. The zero-order valence-corrected chi connectivity index (χ0v) is 49.1. The van der Waals surface area contributed by atoms with Crippen LogP contribution in [0.1, 0.15) is 200 Å². The van der Waals surface area contributed by atoms with Gasteiger partial charge in [-0.1, -0.05) is 236 Å². The largest absolute Gasteiger partial charge is 0.472 e. The van der Waals surface area contributed by atoms with E-state index in [0.717, 1.165) is 128 Å². The Hall–Kier alpha value is -3.88. The summed E-state index contributed by atoms with van der Waals surface area (Å²) in [6.07, 6.45) is 86.4. The Labute approximate surface area is 461 Å². The van der Waals surface area contributed by atoms with E-state index in [1.165, 1.54) is 51.4 Å². The Morgan fingerprint density at radius 3 is 1.23 bits per heavy atom. The number of carbonyl (C=O) groups is 1. The lowest BCUT2D eigenvalue weighted by molar-refractivity contribution is -0.870. The summed E-state index contributed by atoms with van der Waals surface area (Å²) in [4.78, 5) is 23.2. The first-order valence-electron chi connectivity index (χ1n) is 29.4. The number of aliphatic hydroxyl groups excluding tert-OH is 1. The van der Waals surface area contributed by atoms with Crippen molar-refractivity contribution in [1.82, 2.24) is 5.32 Å². The van der Waals surface area contributed by atoms with Gasteiger partial charge in [0.05, 0.1) is 39.9 Å². The maximum absolute atomic E-state index is 13.0. The third-order valence-corrected chi connectivity index (χ3v) is 13.0. The number of rotatable bonds is 51. The van der Waals surface area contributed by atoms with Crippen molar-refractivity contribution >= 4 is 13.7 Å². The molecule has 424 valence electrons. The number of quaternary nitrogens is 1. The molecule has 0 rings (SSSR count). The molecule has 0 aromatic heterocycles. The van der Waals surface area contributed by atoms with Gasteiger partial charge >= 0.3 is 7.82 Å². The molecule has 8 nitrogen and oxygen atoms in total. The summed E-state index contributed by atoms with van der Waals surface area (Å²) in [7, 11) is 1.52. The van der Waals surface area contributed by atoms with Gasteiger partial charge in [-0.25, -0.2) is 4.57 Å². The molecule has 1 amide bonds. The molecule has 0 heterocycles. The number of nitrogens with zero attached hydrogens (tertiary/aromatic N) is 1. The van der Waals surface area contributed by atoms with E-state index < -0.39 is 20.0 Å². The monoisotopic (exact) mass is 1060 g/mol. The molecular formula is C66H110N2O6P+. The van der Waals surface area contributed by atoms with E-state index in [4.69, 9.17) is 9.05 Å². The normalized spacial score (nSPS) is 15.0. The van der Waals surface area contributed by atoms with Crippen molar-refractivity contribution in [3.63, 3.8) is 0 Å². The van der Waals surface area contributed by atoms with E-state index in [1.807, 2.05) is 27.2 Å². The van der Waals surface area contributed by atoms with Crippen molar-refractivity contribution in [1.29, 1.82) is 0 Å². The lowest BCUT2D eigenvalue weighted by atomic mass is 10.1. The van der Waals surface area contributed by atoms with Gasteiger partial charge in [0, 0.05) is 6.42 Å². The summed E-state index contributed by atoms with van der Waals surface area (Å²) < 4.78 is 23.6. The van der Waals surface area contributed by atoms with Crippen LogP contribution in [0, 0.1) is 0 Å². The van der Waals surface area contributed by atoms with Crippen LogP contribution in [-0.4, -0.2) is 73.4 Å². The molecular weight excluding hydrogens is 948 g/mol. The van der Waals surface area contributed by atoms with Crippen LogP contribution < -0.4 is 5.32 Å². The first-order chi connectivity index (χ1) is 36.5. The van der Waals surface area contributed by atoms with Crippen LogP contribution >= 0.6 is 7.82 Å². The van der Waals surface area contributed by atoms with Gasteiger partial charge in [0.15, 0.2) is 0 Å². The second-order valence-corrected chi connectivity index (χ2v) is 21.7. The van der Waals surface area contributed by atoms with Gasteiger partial charge in [0.2, 0.25) is 5.91 Å². The van der Waals surface area contributed by atoms with Crippen LogP contribution in [0.5, 0.6) is 0 Å². The van der Waals surface area contributed by atoms with Gasteiger partial charge in [0.25, 0.3) is 0 Å². The maximum Gasteiger partial charge on any atom is 0.472 e. The smallest absolute Gasteiger partial charge is 0.387 e. The Morgan fingerprint density at radius 2 is 0.813 bits per heavy atom. The second-order valence-electron chi connectivity index (χ2n) is 20.3. The molecule has 75 heavy (non-hydrogen) atoms. The second kappa shape index (κ2) is 54.9. The van der Waals surface area contributed by atoms with Gasteiger partial charge in [-0.05, 0) is 116 Å². The highest BCUT2D eigenvalue weighted by atomic mass is 31.2. The van der Waals surface area contributed by atoms with Crippen molar-refractivity contribution in [2.75, 3.05) is 40.9 Å². The number of hydrogen-bond acceptors (Lipinski definition) is 5. The van der Waals surface area contributed by atoms with Gasteiger partial charge in [-0.15, -0.1) is 0 Å². The minimum Gasteiger partial charge on any atom is -0.387 e. The Balaban J connectivity index is 4.23. The Kier molecular flexibility index (Phi) is 52.1. The highest BCUT2D eigenvalue weighted by molar-refractivity contribution is 7.47. The van der Waals surface area contributed by atoms with Gasteiger partial charge in [-0.2, -0.15) is 0 Å². The molecule has 0 saturated carbocycles. The van der Waals surface area contributed by atoms with Gasteiger partial charge < -0.3 is 19.8 Å². The van der Waals surface area contributed by atoms with Crippen molar-refractivity contribution in [3.8, 4) is 0 Å². The molecule has 0 aromatic rings. The number of allylic oxidation sites excluding steroid dienone is 25. The first kappa shape index (κ1) is 71.1. The van der Waals surface area contributed by atoms with E-state index in [1.54, 1.807) is 6.08 Å². The van der Waals surface area contributed by atoms with Crippen LogP contribution in [0.2, 0.25) is 0 Å². The Morgan fingerprint density at radius 1 is 0.467 bits per heavy atom. The number of phosphoric acid groups is 1. The summed E-state index contributed by atoms with van der Waals surface area (Å²) >= 11 is 0. The minimum absolute atomic E-state index is 0.0434. The van der Waals surface area contributed by atoms with E-state index in [9.17, 15) is 19.4 Å². The number of amides is 1. The number of hydrogen-bond donors (Lipinski definition) is 3. The van der Waals surface area contributed by atoms with E-state index >= 15 is 0 Å². The average Bonchev–Trinajstić information content (AvgIpc) is 3.37. The molecule has 0 spiro atoms. The molecule has 0 radical (unpaired) electrons. The SMILES string of the molecule is CC/C=C\C/C=C\C/C=C\C/C=C\C/C=C\C/C=C\C/C=C\C/C=C\C/C=C\C/C=C\C/C=C\CCCCCCCC(=O)NC(COP(=O)(O)OCC[N+](C)(C)C)C(O)/C=C/CC/C=C/CCCCCCCCCC. The summed E-state index contributed by atoms with van der Waals surface area (Å²) in [5, 5.41) is 13.9. The van der Waals surface area contributed by atoms with Crippen molar-refractivity contribution in [3.05, 3.63) is 158 Å². The fourth-order valence-corrected chi connectivity index (χ4v) is 8.15. The molecule has 0 saturated heterocycles. The van der Waals surface area contributed by atoms with E-state index in [2.05, 4.69) is 165 Å². The summed E-state index contributed by atoms with van der Waals surface area (Å²) in [6, 6.07) is -0.885. The summed E-state index contributed by atoms with van der Waals surface area (Å²) in [5.74, 6) is -0.214. The molecule has 0 fully saturated rings. The summed E-state index contributed by atoms with van der Waals surface area (Å²) in [6.45, 7) is 4.63. The number of phosphoric ester groups is 1. The van der Waals surface area contributed by atoms with Crippen LogP contribution in [0.25, 0.3) is 0 Å². The number of aliphatic hydroxyl groups is 1. The third-order valence-electron chi connectivity index (χ3n) is 12.0. The van der Waals surface area contributed by atoms with Crippen molar-refractivity contribution < 1.29 is 32.9 Å². The highest BCUT2D eigenvalue weighted by Gasteiger charge is 2.27. The van der Waals surface area contributed by atoms with Gasteiger partial charge in [-0.3, -0.25) is 13.8 Å². The predicted octanol–water partition coefficient (Wildman–Crippen LogP) is 18.3. The van der Waals surface area contributed by atoms with E-state index in [-0.39, 0.29) is 19.1 Å².